The molecule has 0 radical (unpaired) electrons. The van der Waals surface area contributed by atoms with Gasteiger partial charge in [0.05, 0.1) is 22.7 Å². The molecule has 4 nitrogen and oxygen atoms in total. The number of carboxylic acid groups (broad SMARTS) is 1. The number of fused-ring (bicyclic) bond motifs is 2. The molecule has 23 heavy (non-hydrogen) atoms. The van der Waals surface area contributed by atoms with Crippen LogP contribution in [0.25, 0.3) is 5.57 Å². The Bertz CT molecular complexity index is 855. The maximum Gasteiger partial charge on any atom is 0.328 e. The van der Waals surface area contributed by atoms with Crippen LogP contribution >= 0.6 is 11.3 Å². The van der Waals surface area contributed by atoms with Gasteiger partial charge in [-0.1, -0.05) is 0 Å². The van der Waals surface area contributed by atoms with Crippen LogP contribution in [0.2, 0.25) is 0 Å². The maximum absolute atomic E-state index is 13.8. The number of hydrogen-bond acceptors (Lipinski definition) is 4. The van der Waals surface area contributed by atoms with Gasteiger partial charge in [0.1, 0.15) is 5.82 Å². The molecule has 0 unspecified atom stereocenters. The molecule has 1 aromatic carbocycles. The fraction of sp³-hybridized carbons (Fsp3) is 0.125. The largest absolute Gasteiger partial charge is 0.478 e. The lowest BCUT2D eigenvalue weighted by molar-refractivity contribution is -0.131. The Morgan fingerprint density at radius 2 is 2.13 bits per heavy atom. The molecule has 118 valence electrons. The Morgan fingerprint density at radius 3 is 2.83 bits per heavy atom. The van der Waals surface area contributed by atoms with Crippen molar-refractivity contribution in [3.63, 3.8) is 0 Å². The van der Waals surface area contributed by atoms with E-state index in [4.69, 9.17) is 9.84 Å². The Kier molecular flexibility index (Phi) is 3.96. The number of carboxylic acids is 1. The number of rotatable bonds is 2. The van der Waals surface area contributed by atoms with Crippen molar-refractivity contribution in [2.24, 2.45) is 4.99 Å². The van der Waals surface area contributed by atoms with E-state index in [2.05, 4.69) is 4.99 Å². The predicted octanol–water partition coefficient (Wildman–Crippen LogP) is 3.97. The van der Waals surface area contributed by atoms with Crippen molar-refractivity contribution in [1.82, 2.24) is 0 Å². The van der Waals surface area contributed by atoms with Crippen molar-refractivity contribution < 1.29 is 23.4 Å². The number of aliphatic carboxylic acids is 1. The minimum absolute atomic E-state index is 0.142. The summed E-state index contributed by atoms with van der Waals surface area (Å²) in [6.07, 6.45) is 0.968. The third kappa shape index (κ3) is 2.87. The highest BCUT2D eigenvalue weighted by Crippen LogP contribution is 2.40. The van der Waals surface area contributed by atoms with Crippen molar-refractivity contribution in [2.75, 3.05) is 6.61 Å². The highest BCUT2D eigenvalue weighted by atomic mass is 32.1. The van der Waals surface area contributed by atoms with E-state index in [0.717, 1.165) is 17.4 Å². The molecule has 0 amide bonds. The van der Waals surface area contributed by atoms with Crippen LogP contribution in [0.3, 0.4) is 0 Å². The van der Waals surface area contributed by atoms with E-state index in [0.29, 0.717) is 22.6 Å². The molecule has 3 rings (SSSR count). The molecule has 0 saturated heterocycles. The first-order valence-corrected chi connectivity index (χ1v) is 7.57. The SMILES string of the molecule is CCOC1=Nc2cc(F)ccc2/C(=C/C(=O)O)c2sc(F)cc21. The lowest BCUT2D eigenvalue weighted by Gasteiger charge is -2.07. The molecule has 0 atom stereocenters. The minimum Gasteiger partial charge on any atom is -0.478 e. The van der Waals surface area contributed by atoms with Crippen LogP contribution in [-0.2, 0) is 9.53 Å². The van der Waals surface area contributed by atoms with E-state index in [1.807, 2.05) is 0 Å². The van der Waals surface area contributed by atoms with E-state index in [-0.39, 0.29) is 17.2 Å². The Hall–Kier alpha value is -2.54. The summed E-state index contributed by atoms with van der Waals surface area (Å²) < 4.78 is 32.8. The Labute approximate surface area is 134 Å². The summed E-state index contributed by atoms with van der Waals surface area (Å²) >= 11 is 0.798. The van der Waals surface area contributed by atoms with Crippen LogP contribution in [0.4, 0.5) is 14.5 Å². The number of hydrogen-bond donors (Lipinski definition) is 1. The molecule has 0 saturated carbocycles. The van der Waals surface area contributed by atoms with Gasteiger partial charge in [0, 0.05) is 23.3 Å². The second-order valence-electron chi connectivity index (χ2n) is 4.70. The summed E-state index contributed by atoms with van der Waals surface area (Å²) in [7, 11) is 0. The van der Waals surface area contributed by atoms with E-state index in [1.54, 1.807) is 6.92 Å². The molecule has 1 aliphatic rings. The average molecular weight is 335 g/mol. The highest BCUT2D eigenvalue weighted by Gasteiger charge is 2.26. The molecular weight excluding hydrogens is 324 g/mol. The zero-order chi connectivity index (χ0) is 16.6. The number of aliphatic imine (C=N–C) groups is 1. The summed E-state index contributed by atoms with van der Waals surface area (Å²) in [5, 5.41) is 8.65. The topological polar surface area (TPSA) is 58.9 Å². The van der Waals surface area contributed by atoms with Crippen molar-refractivity contribution in [3.05, 3.63) is 57.3 Å². The molecule has 2 heterocycles. The van der Waals surface area contributed by atoms with E-state index in [9.17, 15) is 13.6 Å². The summed E-state index contributed by atoms with van der Waals surface area (Å²) in [5.74, 6) is -1.55. The summed E-state index contributed by atoms with van der Waals surface area (Å²) in [6.45, 7) is 2.04. The van der Waals surface area contributed by atoms with Gasteiger partial charge < -0.3 is 9.84 Å². The van der Waals surface area contributed by atoms with Crippen LogP contribution in [0, 0.1) is 10.9 Å². The maximum atomic E-state index is 13.8. The fourth-order valence-electron chi connectivity index (χ4n) is 2.35. The zero-order valence-electron chi connectivity index (χ0n) is 12.0. The van der Waals surface area contributed by atoms with Gasteiger partial charge in [-0.3, -0.25) is 0 Å². The minimum atomic E-state index is -1.19. The van der Waals surface area contributed by atoms with Gasteiger partial charge >= 0.3 is 5.97 Å². The van der Waals surface area contributed by atoms with Gasteiger partial charge in [0.15, 0.2) is 5.13 Å². The zero-order valence-corrected chi connectivity index (χ0v) is 12.8. The first-order valence-electron chi connectivity index (χ1n) is 6.75. The fourth-order valence-corrected chi connectivity index (χ4v) is 3.26. The number of ether oxygens (including phenoxy) is 1. The number of nitrogens with zero attached hydrogens (tertiary/aromatic N) is 1. The first kappa shape index (κ1) is 15.4. The quantitative estimate of drug-likeness (QED) is 0.845. The van der Waals surface area contributed by atoms with Crippen LogP contribution < -0.4 is 0 Å². The van der Waals surface area contributed by atoms with Crippen LogP contribution in [0.5, 0.6) is 0 Å². The molecule has 1 aromatic heterocycles. The lowest BCUT2D eigenvalue weighted by atomic mass is 10.0. The van der Waals surface area contributed by atoms with Gasteiger partial charge in [-0.05, 0) is 25.1 Å². The third-order valence-corrected chi connectivity index (χ3v) is 4.15. The number of thiophene rings is 1. The van der Waals surface area contributed by atoms with Gasteiger partial charge in [-0.25, -0.2) is 14.2 Å². The Morgan fingerprint density at radius 1 is 1.35 bits per heavy atom. The third-order valence-electron chi connectivity index (χ3n) is 3.20. The molecule has 2 aromatic rings. The number of carbonyl (C=O) groups is 1. The van der Waals surface area contributed by atoms with Gasteiger partial charge in [0.25, 0.3) is 0 Å². The van der Waals surface area contributed by atoms with Gasteiger partial charge in [-0.2, -0.15) is 4.39 Å². The van der Waals surface area contributed by atoms with Gasteiger partial charge in [0.2, 0.25) is 5.90 Å². The molecule has 1 N–H and O–H groups in total. The normalized spacial score (nSPS) is 14.7. The first-order chi connectivity index (χ1) is 11.0. The molecular formula is C16H11F2NO3S. The van der Waals surface area contributed by atoms with E-state index >= 15 is 0 Å². The van der Waals surface area contributed by atoms with Crippen LogP contribution in [0.1, 0.15) is 22.9 Å². The smallest absolute Gasteiger partial charge is 0.328 e. The average Bonchev–Trinajstić information content (AvgIpc) is 2.82. The van der Waals surface area contributed by atoms with Crippen molar-refractivity contribution >= 4 is 34.5 Å². The Balaban J connectivity index is 2.35. The van der Waals surface area contributed by atoms with E-state index < -0.39 is 16.9 Å². The van der Waals surface area contributed by atoms with Crippen molar-refractivity contribution in [3.8, 4) is 0 Å². The van der Waals surface area contributed by atoms with Crippen molar-refractivity contribution in [1.29, 1.82) is 0 Å². The molecule has 0 aliphatic carbocycles. The van der Waals surface area contributed by atoms with Crippen LogP contribution in [-0.4, -0.2) is 23.6 Å². The van der Waals surface area contributed by atoms with Crippen molar-refractivity contribution in [2.45, 2.75) is 6.92 Å². The molecule has 7 heteroatoms. The molecule has 0 spiro atoms. The molecule has 0 fully saturated rings. The monoisotopic (exact) mass is 335 g/mol. The summed E-state index contributed by atoms with van der Waals surface area (Å²) in [4.78, 5) is 15.8. The van der Waals surface area contributed by atoms with Gasteiger partial charge in [-0.15, -0.1) is 11.3 Å². The highest BCUT2D eigenvalue weighted by molar-refractivity contribution is 7.12. The second kappa shape index (κ2) is 5.92. The summed E-state index contributed by atoms with van der Waals surface area (Å²) in [6, 6.07) is 5.07. The second-order valence-corrected chi connectivity index (χ2v) is 5.70. The lowest BCUT2D eigenvalue weighted by Crippen LogP contribution is -2.06. The number of halogens is 2. The standard InChI is InChI=1S/C16H11F2NO3S/c1-2-22-16-11-6-13(18)23-15(11)10(7-14(20)21)9-4-3-8(17)5-12(9)19-16/h3-7H,2H2,1H3,(H,20,21)/b10-7-. The predicted molar refractivity (Wildman–Crippen MR) is 83.2 cm³/mol. The summed E-state index contributed by atoms with van der Waals surface area (Å²) in [5.41, 5.74) is 1.28. The van der Waals surface area contributed by atoms with Crippen LogP contribution in [0.15, 0.2) is 35.3 Å². The number of benzene rings is 1. The van der Waals surface area contributed by atoms with E-state index in [1.165, 1.54) is 24.3 Å². The molecule has 0 bridgehead atoms. The molecule has 1 aliphatic heterocycles.